The molecule has 9 aromatic carbocycles. The van der Waals surface area contributed by atoms with Crippen LogP contribution in [0.4, 0.5) is 17.1 Å². The quantitative estimate of drug-likeness (QED) is 0.164. The van der Waals surface area contributed by atoms with Gasteiger partial charge in [-0.3, -0.25) is 0 Å². The first-order valence-electron chi connectivity index (χ1n) is 18.7. The molecule has 2 heterocycles. The molecule has 55 heavy (non-hydrogen) atoms. The molecule has 0 atom stereocenters. The van der Waals surface area contributed by atoms with Crippen molar-refractivity contribution >= 4 is 90.9 Å². The average molecular weight is 736 g/mol. The van der Waals surface area contributed by atoms with Crippen molar-refractivity contribution in [1.29, 1.82) is 0 Å². The molecule has 3 heteroatoms. The van der Waals surface area contributed by atoms with Crippen LogP contribution in [0.3, 0.4) is 0 Å². The minimum absolute atomic E-state index is 1.11. The zero-order chi connectivity index (χ0) is 36.3. The highest BCUT2D eigenvalue weighted by molar-refractivity contribution is 7.26. The SMILES string of the molecule is c1cc(-c2ccc3c(c2)sc2ccccc23)cc(N(c2ccc(-c3cccc4ccccc34)cc2)c2ccc(-c3cccc4sc5ccccc5c34)cc2)c1. The zero-order valence-electron chi connectivity index (χ0n) is 29.8. The van der Waals surface area contributed by atoms with E-state index in [4.69, 9.17) is 0 Å². The predicted octanol–water partition coefficient (Wildman–Crippen LogP) is 16.0. The lowest BCUT2D eigenvalue weighted by atomic mass is 9.97. The van der Waals surface area contributed by atoms with Gasteiger partial charge in [-0.15, -0.1) is 22.7 Å². The van der Waals surface area contributed by atoms with Crippen molar-refractivity contribution in [1.82, 2.24) is 0 Å². The number of hydrogen-bond donors (Lipinski definition) is 0. The van der Waals surface area contributed by atoms with Gasteiger partial charge in [0.15, 0.2) is 0 Å². The van der Waals surface area contributed by atoms with Crippen molar-refractivity contribution in [3.63, 3.8) is 0 Å². The van der Waals surface area contributed by atoms with Crippen LogP contribution in [0.2, 0.25) is 0 Å². The van der Waals surface area contributed by atoms with Crippen LogP contribution in [0.1, 0.15) is 0 Å². The number of fused-ring (bicyclic) bond motifs is 7. The van der Waals surface area contributed by atoms with Crippen LogP contribution in [-0.2, 0) is 0 Å². The summed E-state index contributed by atoms with van der Waals surface area (Å²) in [5, 5.41) is 7.82. The van der Waals surface area contributed by atoms with Crippen LogP contribution in [0.15, 0.2) is 200 Å². The Kier molecular flexibility index (Phi) is 7.61. The third kappa shape index (κ3) is 5.51. The lowest BCUT2D eigenvalue weighted by molar-refractivity contribution is 1.28. The number of benzene rings is 9. The lowest BCUT2D eigenvalue weighted by Crippen LogP contribution is -2.10. The molecule has 0 aliphatic rings. The largest absolute Gasteiger partial charge is 0.310 e. The Morgan fingerprint density at radius 1 is 0.291 bits per heavy atom. The fourth-order valence-corrected chi connectivity index (χ4v) is 10.5. The molecule has 11 aromatic rings. The first-order valence-corrected chi connectivity index (χ1v) is 20.3. The second kappa shape index (κ2) is 13.1. The Bertz CT molecular complexity index is 3200. The molecule has 0 saturated heterocycles. The van der Waals surface area contributed by atoms with Crippen LogP contribution in [0.5, 0.6) is 0 Å². The van der Waals surface area contributed by atoms with Gasteiger partial charge in [-0.2, -0.15) is 0 Å². The molecule has 0 saturated carbocycles. The van der Waals surface area contributed by atoms with Crippen molar-refractivity contribution in [3.05, 3.63) is 200 Å². The summed E-state index contributed by atoms with van der Waals surface area (Å²) in [5.41, 5.74) is 10.7. The Hall–Kier alpha value is -6.52. The monoisotopic (exact) mass is 735 g/mol. The molecule has 0 N–H and O–H groups in total. The smallest absolute Gasteiger partial charge is 0.0467 e. The molecule has 11 rings (SSSR count). The Balaban J connectivity index is 1.03. The fraction of sp³-hybridized carbons (Fsp3) is 0. The minimum atomic E-state index is 1.11. The Morgan fingerprint density at radius 3 is 1.62 bits per heavy atom. The first-order chi connectivity index (χ1) is 27.2. The van der Waals surface area contributed by atoms with E-state index < -0.39 is 0 Å². The van der Waals surface area contributed by atoms with E-state index in [9.17, 15) is 0 Å². The van der Waals surface area contributed by atoms with Crippen LogP contribution in [-0.4, -0.2) is 0 Å². The highest BCUT2D eigenvalue weighted by Crippen LogP contribution is 2.43. The first kappa shape index (κ1) is 32.0. The summed E-state index contributed by atoms with van der Waals surface area (Å²) in [7, 11) is 0. The molecule has 1 nitrogen and oxygen atoms in total. The second-order valence-electron chi connectivity index (χ2n) is 14.1. The third-order valence-corrected chi connectivity index (χ3v) is 13.2. The number of hydrogen-bond acceptors (Lipinski definition) is 3. The van der Waals surface area contributed by atoms with Gasteiger partial charge >= 0.3 is 0 Å². The van der Waals surface area contributed by atoms with Gasteiger partial charge in [-0.1, -0.05) is 140 Å². The molecular weight excluding hydrogens is 703 g/mol. The average Bonchev–Trinajstić information content (AvgIpc) is 3.82. The van der Waals surface area contributed by atoms with Crippen molar-refractivity contribution in [2.24, 2.45) is 0 Å². The standard InChI is InChI=1S/C52H33NS2/c1-2-14-42-34(10-1)11-8-17-43(42)35-22-27-39(28-23-35)53(40-29-24-36(25-30-40)44-18-9-21-50-52(44)47-16-4-6-20-49(47)54-50)41-13-7-12-37(32-41)38-26-31-46-45-15-3-5-19-48(45)55-51(46)33-38/h1-33H. The topological polar surface area (TPSA) is 3.24 Å². The summed E-state index contributed by atoms with van der Waals surface area (Å²) in [6.45, 7) is 0. The number of rotatable bonds is 6. The molecule has 0 amide bonds. The van der Waals surface area contributed by atoms with Crippen LogP contribution >= 0.6 is 22.7 Å². The number of anilines is 3. The normalized spacial score (nSPS) is 11.6. The Labute approximate surface area is 327 Å². The van der Waals surface area contributed by atoms with Gasteiger partial charge in [0, 0.05) is 57.4 Å². The maximum Gasteiger partial charge on any atom is 0.0467 e. The fourth-order valence-electron chi connectivity index (χ4n) is 8.25. The summed E-state index contributed by atoms with van der Waals surface area (Å²) < 4.78 is 5.29. The molecular formula is C52H33NS2. The van der Waals surface area contributed by atoms with Crippen LogP contribution in [0.25, 0.3) is 84.5 Å². The number of thiophene rings is 2. The molecule has 0 aliphatic carbocycles. The van der Waals surface area contributed by atoms with E-state index >= 15 is 0 Å². The van der Waals surface area contributed by atoms with E-state index in [0.29, 0.717) is 0 Å². The van der Waals surface area contributed by atoms with Crippen molar-refractivity contribution < 1.29 is 0 Å². The summed E-state index contributed by atoms with van der Waals surface area (Å²) in [6.07, 6.45) is 0. The number of nitrogens with zero attached hydrogens (tertiary/aromatic N) is 1. The predicted molar refractivity (Wildman–Crippen MR) is 241 cm³/mol. The van der Waals surface area contributed by atoms with Crippen LogP contribution in [0, 0.1) is 0 Å². The molecule has 0 bridgehead atoms. The molecule has 0 spiro atoms. The molecule has 0 fully saturated rings. The maximum absolute atomic E-state index is 2.39. The van der Waals surface area contributed by atoms with Gasteiger partial charge in [0.05, 0.1) is 0 Å². The van der Waals surface area contributed by atoms with Crippen molar-refractivity contribution in [2.45, 2.75) is 0 Å². The summed E-state index contributed by atoms with van der Waals surface area (Å²) in [5.74, 6) is 0. The molecule has 0 unspecified atom stereocenters. The lowest BCUT2D eigenvalue weighted by Gasteiger charge is -2.26. The van der Waals surface area contributed by atoms with E-state index in [1.807, 2.05) is 22.7 Å². The highest BCUT2D eigenvalue weighted by atomic mass is 32.1. The van der Waals surface area contributed by atoms with Gasteiger partial charge in [-0.25, -0.2) is 0 Å². The minimum Gasteiger partial charge on any atom is -0.310 e. The Morgan fingerprint density at radius 2 is 0.818 bits per heavy atom. The van der Waals surface area contributed by atoms with Crippen molar-refractivity contribution in [2.75, 3.05) is 4.90 Å². The summed E-state index contributed by atoms with van der Waals surface area (Å²) >= 11 is 3.73. The van der Waals surface area contributed by atoms with Gasteiger partial charge in [0.1, 0.15) is 0 Å². The van der Waals surface area contributed by atoms with E-state index in [-0.39, 0.29) is 0 Å². The molecule has 2 aromatic heterocycles. The van der Waals surface area contributed by atoms with Gasteiger partial charge in [-0.05, 0) is 105 Å². The van der Waals surface area contributed by atoms with E-state index in [1.54, 1.807) is 0 Å². The summed E-state index contributed by atoms with van der Waals surface area (Å²) in [6, 6.07) is 73.4. The van der Waals surface area contributed by atoms with Crippen molar-refractivity contribution in [3.8, 4) is 33.4 Å². The maximum atomic E-state index is 2.39. The molecule has 0 aliphatic heterocycles. The zero-order valence-corrected chi connectivity index (χ0v) is 31.4. The molecule has 0 radical (unpaired) electrons. The van der Waals surface area contributed by atoms with Gasteiger partial charge in [0.25, 0.3) is 0 Å². The highest BCUT2D eigenvalue weighted by Gasteiger charge is 2.17. The van der Waals surface area contributed by atoms with Crippen LogP contribution < -0.4 is 4.90 Å². The van der Waals surface area contributed by atoms with E-state index in [1.165, 1.54) is 84.5 Å². The second-order valence-corrected chi connectivity index (χ2v) is 16.3. The third-order valence-electron chi connectivity index (χ3n) is 10.9. The molecule has 258 valence electrons. The summed E-state index contributed by atoms with van der Waals surface area (Å²) in [4.78, 5) is 2.39. The van der Waals surface area contributed by atoms with E-state index in [0.717, 1.165) is 17.1 Å². The van der Waals surface area contributed by atoms with Gasteiger partial charge in [0.2, 0.25) is 0 Å². The van der Waals surface area contributed by atoms with E-state index in [2.05, 4.69) is 205 Å². The van der Waals surface area contributed by atoms with Gasteiger partial charge < -0.3 is 4.90 Å².